The zero-order valence-corrected chi connectivity index (χ0v) is 34.8. The molecule has 0 amide bonds. The molecule has 7 aliphatic rings. The molecular formula is C58H47N3O. The number of nitrogens with zero attached hydrogens (tertiary/aromatic N) is 3. The van der Waals surface area contributed by atoms with E-state index in [2.05, 4.69) is 182 Å². The highest BCUT2D eigenvalue weighted by Gasteiger charge is 2.55. The molecule has 1 aliphatic heterocycles. The fraction of sp³-hybridized carbons (Fsp3) is 0.190. The van der Waals surface area contributed by atoms with E-state index >= 15 is 0 Å². The molecule has 3 unspecified atom stereocenters. The van der Waals surface area contributed by atoms with E-state index in [9.17, 15) is 0 Å². The van der Waals surface area contributed by atoms with Gasteiger partial charge in [0, 0.05) is 35.0 Å². The largest absolute Gasteiger partial charge is 0.489 e. The minimum atomic E-state index is -0.441. The molecule has 4 nitrogen and oxygen atoms in total. The lowest BCUT2D eigenvalue weighted by molar-refractivity contribution is 0.0984. The Labute approximate surface area is 364 Å². The minimum Gasteiger partial charge on any atom is -0.489 e. The SMILES string of the molecule is C1=CCCC(c2cccc(-c3nc(C4=C(C5CC=CC6=C5OC5CC=CC=C5C65c6ccccc6-c6ccccc65)C=CCC4)nc(C4C=CC=C(c5ccccc5)C4)n3)c2)=C1. The highest BCUT2D eigenvalue weighted by atomic mass is 16.5. The summed E-state index contributed by atoms with van der Waals surface area (Å²) in [5.74, 6) is 3.41. The van der Waals surface area contributed by atoms with Crippen molar-refractivity contribution in [2.45, 2.75) is 62.4 Å². The summed E-state index contributed by atoms with van der Waals surface area (Å²) in [5.41, 5.74) is 16.0. The van der Waals surface area contributed by atoms with Gasteiger partial charge in [0.2, 0.25) is 0 Å². The Morgan fingerprint density at radius 3 is 2.16 bits per heavy atom. The van der Waals surface area contributed by atoms with E-state index < -0.39 is 5.41 Å². The van der Waals surface area contributed by atoms with E-state index in [0.717, 1.165) is 73.7 Å². The third-order valence-electron chi connectivity index (χ3n) is 14.0. The molecule has 5 aromatic rings. The van der Waals surface area contributed by atoms with E-state index in [1.165, 1.54) is 66.8 Å². The Balaban J connectivity index is 1.03. The molecule has 0 saturated heterocycles. The van der Waals surface area contributed by atoms with Crippen LogP contribution in [-0.4, -0.2) is 21.1 Å². The first-order chi connectivity index (χ1) is 30.7. The summed E-state index contributed by atoms with van der Waals surface area (Å²) in [6.07, 6.45) is 35.9. The predicted molar refractivity (Wildman–Crippen MR) is 251 cm³/mol. The van der Waals surface area contributed by atoms with Crippen molar-refractivity contribution < 1.29 is 4.74 Å². The quantitative estimate of drug-likeness (QED) is 0.172. The van der Waals surface area contributed by atoms with Crippen molar-refractivity contribution in [3.8, 4) is 22.5 Å². The second-order valence-corrected chi connectivity index (χ2v) is 17.4. The second kappa shape index (κ2) is 15.2. The molecule has 2 heterocycles. The number of ether oxygens (including phenoxy) is 1. The van der Waals surface area contributed by atoms with Crippen molar-refractivity contribution in [3.63, 3.8) is 0 Å². The number of hydrogen-bond acceptors (Lipinski definition) is 4. The van der Waals surface area contributed by atoms with Gasteiger partial charge in [-0.1, -0.05) is 176 Å². The minimum absolute atomic E-state index is 0.00582. The van der Waals surface area contributed by atoms with Gasteiger partial charge < -0.3 is 4.74 Å². The monoisotopic (exact) mass is 801 g/mol. The van der Waals surface area contributed by atoms with Gasteiger partial charge in [-0.3, -0.25) is 0 Å². The maximum atomic E-state index is 7.36. The average molecular weight is 802 g/mol. The average Bonchev–Trinajstić information content (AvgIpc) is 3.65. The van der Waals surface area contributed by atoms with Crippen molar-refractivity contribution in [1.82, 2.24) is 15.0 Å². The van der Waals surface area contributed by atoms with Gasteiger partial charge in [0.25, 0.3) is 0 Å². The highest BCUT2D eigenvalue weighted by molar-refractivity contribution is 5.88. The Bertz CT molecular complexity index is 2940. The highest BCUT2D eigenvalue weighted by Crippen LogP contribution is 2.62. The summed E-state index contributed by atoms with van der Waals surface area (Å²) in [7, 11) is 0. The van der Waals surface area contributed by atoms with Crippen LogP contribution in [-0.2, 0) is 10.2 Å². The van der Waals surface area contributed by atoms with Crippen LogP contribution < -0.4 is 0 Å². The lowest BCUT2D eigenvalue weighted by Gasteiger charge is -2.48. The molecule has 4 aromatic carbocycles. The Hall–Kier alpha value is -6.91. The van der Waals surface area contributed by atoms with Crippen molar-refractivity contribution in [2.75, 3.05) is 0 Å². The maximum Gasteiger partial charge on any atom is 0.163 e. The van der Waals surface area contributed by atoms with Crippen molar-refractivity contribution in [3.05, 3.63) is 238 Å². The van der Waals surface area contributed by atoms with Crippen LogP contribution in [0.3, 0.4) is 0 Å². The predicted octanol–water partition coefficient (Wildman–Crippen LogP) is 13.6. The number of fused-ring (bicyclic) bond motifs is 8. The first-order valence-corrected chi connectivity index (χ1v) is 22.4. The Morgan fingerprint density at radius 2 is 1.32 bits per heavy atom. The molecule has 0 fully saturated rings. The maximum absolute atomic E-state index is 7.36. The smallest absolute Gasteiger partial charge is 0.163 e. The molecule has 62 heavy (non-hydrogen) atoms. The molecule has 1 aromatic heterocycles. The zero-order chi connectivity index (χ0) is 41.0. The Kier molecular flexibility index (Phi) is 9.06. The van der Waals surface area contributed by atoms with Crippen molar-refractivity contribution >= 4 is 16.7 Å². The van der Waals surface area contributed by atoms with Gasteiger partial charge >= 0.3 is 0 Å². The lowest BCUT2D eigenvalue weighted by atomic mass is 9.60. The molecule has 0 N–H and O–H groups in total. The van der Waals surface area contributed by atoms with Crippen LogP contribution in [0.1, 0.15) is 84.8 Å². The van der Waals surface area contributed by atoms with Gasteiger partial charge in [0.15, 0.2) is 11.6 Å². The third-order valence-corrected chi connectivity index (χ3v) is 14.0. The number of benzene rings is 4. The Morgan fingerprint density at radius 1 is 0.581 bits per heavy atom. The van der Waals surface area contributed by atoms with Gasteiger partial charge in [-0.2, -0.15) is 0 Å². The first-order valence-electron chi connectivity index (χ1n) is 22.4. The van der Waals surface area contributed by atoms with Gasteiger partial charge in [0.1, 0.15) is 17.7 Å². The van der Waals surface area contributed by atoms with E-state index in [1.807, 2.05) is 0 Å². The summed E-state index contributed by atoms with van der Waals surface area (Å²) in [5, 5.41) is 0. The summed E-state index contributed by atoms with van der Waals surface area (Å²) >= 11 is 0. The zero-order valence-electron chi connectivity index (χ0n) is 34.8. The van der Waals surface area contributed by atoms with Crippen molar-refractivity contribution in [2.24, 2.45) is 5.92 Å². The molecule has 6 aliphatic carbocycles. The molecule has 12 rings (SSSR count). The fourth-order valence-electron chi connectivity index (χ4n) is 11.1. The molecule has 300 valence electrons. The molecule has 0 saturated carbocycles. The topological polar surface area (TPSA) is 47.9 Å². The molecule has 0 radical (unpaired) electrons. The normalized spacial score (nSPS) is 22.6. The number of rotatable bonds is 6. The van der Waals surface area contributed by atoms with Gasteiger partial charge in [0.05, 0.1) is 5.41 Å². The molecule has 1 spiro atoms. The fourth-order valence-corrected chi connectivity index (χ4v) is 11.1. The van der Waals surface area contributed by atoms with E-state index in [1.54, 1.807) is 0 Å². The van der Waals surface area contributed by atoms with Crippen molar-refractivity contribution in [1.29, 1.82) is 0 Å². The van der Waals surface area contributed by atoms with Crippen LogP contribution >= 0.6 is 0 Å². The summed E-state index contributed by atoms with van der Waals surface area (Å²) in [6.45, 7) is 0. The molecule has 0 bridgehead atoms. The number of hydrogen-bond donors (Lipinski definition) is 0. The molecule has 3 atom stereocenters. The van der Waals surface area contributed by atoms with Crippen LogP contribution in [0.15, 0.2) is 205 Å². The van der Waals surface area contributed by atoms with Crippen LogP contribution in [0.2, 0.25) is 0 Å². The summed E-state index contributed by atoms with van der Waals surface area (Å²) in [4.78, 5) is 16.3. The van der Waals surface area contributed by atoms with Crippen LogP contribution in [0.4, 0.5) is 0 Å². The standard InChI is InChI=1S/C58H47N3O/c1-3-18-38(19-4-1)40-22-15-24-42(36-40)55-59-56(43-25-16-23-41(37-43)39-20-5-2-6-21-39)61-57(60-55)48-29-8-7-26-44(48)47-30-17-34-52-54(47)62-53-35-14-13-33-51(53)58(52)49-31-11-9-27-45(49)46-28-10-12-32-50(46)58/h1-5,7,9-20,22-28,31-34,37,42,47,53H,6,8,21,29-30,35-36H2. The number of allylic oxidation sites excluding steroid dienone is 17. The lowest BCUT2D eigenvalue weighted by Crippen LogP contribution is -2.43. The third kappa shape index (κ3) is 5.99. The van der Waals surface area contributed by atoms with Crippen LogP contribution in [0.25, 0.3) is 39.2 Å². The van der Waals surface area contributed by atoms with E-state index in [0.29, 0.717) is 0 Å². The molecular weight excluding hydrogens is 755 g/mol. The second-order valence-electron chi connectivity index (χ2n) is 17.4. The number of aromatic nitrogens is 3. The van der Waals surface area contributed by atoms with Crippen LogP contribution in [0.5, 0.6) is 0 Å². The van der Waals surface area contributed by atoms with E-state index in [-0.39, 0.29) is 17.9 Å². The van der Waals surface area contributed by atoms with E-state index in [4.69, 9.17) is 19.7 Å². The first kappa shape index (κ1) is 36.9. The van der Waals surface area contributed by atoms with Gasteiger partial charge in [-0.15, -0.1) is 0 Å². The van der Waals surface area contributed by atoms with Crippen LogP contribution in [0, 0.1) is 5.92 Å². The van der Waals surface area contributed by atoms with Gasteiger partial charge in [-0.25, -0.2) is 15.0 Å². The van der Waals surface area contributed by atoms with Gasteiger partial charge in [-0.05, 0) is 100 Å². The summed E-state index contributed by atoms with van der Waals surface area (Å²) < 4.78 is 7.36. The molecule has 4 heteroatoms. The summed E-state index contributed by atoms with van der Waals surface area (Å²) in [6, 6.07) is 37.6.